The molecule has 1 heterocycles. The van der Waals surface area contributed by atoms with Crippen LogP contribution in [0.4, 0.5) is 5.69 Å². The number of carboxylic acid groups (broad SMARTS) is 1. The molecule has 5 nitrogen and oxygen atoms in total. The van der Waals surface area contributed by atoms with Crippen molar-refractivity contribution in [2.45, 2.75) is 20.3 Å². The van der Waals surface area contributed by atoms with E-state index in [9.17, 15) is 9.59 Å². The molecule has 1 aliphatic rings. The van der Waals surface area contributed by atoms with E-state index in [4.69, 9.17) is 9.84 Å². The van der Waals surface area contributed by atoms with E-state index in [0.29, 0.717) is 11.4 Å². The van der Waals surface area contributed by atoms with Crippen molar-refractivity contribution in [1.82, 2.24) is 0 Å². The lowest BCUT2D eigenvalue weighted by Gasteiger charge is -2.16. The number of carboxylic acids is 1. The summed E-state index contributed by atoms with van der Waals surface area (Å²) in [6, 6.07) is 13.0. The summed E-state index contributed by atoms with van der Waals surface area (Å²) in [4.78, 5) is 24.5. The molecule has 2 aromatic rings. The van der Waals surface area contributed by atoms with Crippen molar-refractivity contribution in [2.24, 2.45) is 5.92 Å². The number of rotatable bonds is 4. The van der Waals surface area contributed by atoms with Gasteiger partial charge in [-0.2, -0.15) is 0 Å². The fourth-order valence-electron chi connectivity index (χ4n) is 2.73. The molecule has 0 bridgehead atoms. The summed E-state index contributed by atoms with van der Waals surface area (Å²) in [5, 5.41) is 9.05. The molecule has 0 saturated carbocycles. The minimum absolute atomic E-state index is 0.0518. The fourth-order valence-corrected chi connectivity index (χ4v) is 2.73. The predicted octanol–water partition coefficient (Wildman–Crippen LogP) is 3.53. The lowest BCUT2D eigenvalue weighted by Crippen LogP contribution is -2.25. The number of aryl methyl sites for hydroxylation is 2. The molecule has 2 aromatic carbocycles. The van der Waals surface area contributed by atoms with Crippen LogP contribution < -0.4 is 9.64 Å². The molecule has 24 heavy (non-hydrogen) atoms. The first-order chi connectivity index (χ1) is 11.4. The van der Waals surface area contributed by atoms with E-state index in [-0.39, 0.29) is 18.9 Å². The van der Waals surface area contributed by atoms with Crippen molar-refractivity contribution in [2.75, 3.05) is 11.4 Å². The first kappa shape index (κ1) is 16.1. The summed E-state index contributed by atoms with van der Waals surface area (Å²) >= 11 is 0. The van der Waals surface area contributed by atoms with Crippen LogP contribution in [0.5, 0.6) is 11.5 Å². The van der Waals surface area contributed by atoms with Gasteiger partial charge in [0, 0.05) is 18.7 Å². The Morgan fingerprint density at radius 1 is 1.08 bits per heavy atom. The van der Waals surface area contributed by atoms with Crippen LogP contribution >= 0.6 is 0 Å². The van der Waals surface area contributed by atoms with E-state index in [1.54, 1.807) is 24.3 Å². The SMILES string of the molecule is Cc1ccc(Oc2ccc(N3C[C@@H](C(=O)O)CC3=O)cc2)cc1C. The smallest absolute Gasteiger partial charge is 0.308 e. The molecular weight excluding hydrogens is 306 g/mol. The second-order valence-corrected chi connectivity index (χ2v) is 6.09. The van der Waals surface area contributed by atoms with Crippen LogP contribution in [0, 0.1) is 19.8 Å². The average Bonchev–Trinajstić information content (AvgIpc) is 2.94. The third-order valence-electron chi connectivity index (χ3n) is 4.34. The molecular formula is C19H19NO4. The third kappa shape index (κ3) is 3.25. The Hall–Kier alpha value is -2.82. The maximum atomic E-state index is 12.0. The van der Waals surface area contributed by atoms with Gasteiger partial charge in [-0.3, -0.25) is 9.59 Å². The average molecular weight is 325 g/mol. The van der Waals surface area contributed by atoms with E-state index in [1.807, 2.05) is 32.0 Å². The molecule has 124 valence electrons. The summed E-state index contributed by atoms with van der Waals surface area (Å²) in [6.07, 6.45) is 0.0518. The van der Waals surface area contributed by atoms with Crippen molar-refractivity contribution in [3.8, 4) is 11.5 Å². The van der Waals surface area contributed by atoms with Gasteiger partial charge in [-0.25, -0.2) is 0 Å². The van der Waals surface area contributed by atoms with E-state index >= 15 is 0 Å². The Balaban J connectivity index is 1.72. The molecule has 1 saturated heterocycles. The van der Waals surface area contributed by atoms with Gasteiger partial charge in [0.05, 0.1) is 5.92 Å². The number of anilines is 1. The highest BCUT2D eigenvalue weighted by molar-refractivity contribution is 5.99. The number of carbonyl (C=O) groups excluding carboxylic acids is 1. The summed E-state index contributed by atoms with van der Waals surface area (Å²) in [6.45, 7) is 4.29. The summed E-state index contributed by atoms with van der Waals surface area (Å²) in [5.41, 5.74) is 3.06. The standard InChI is InChI=1S/C19H19NO4/c1-12-3-6-17(9-13(12)2)24-16-7-4-15(5-8-16)20-11-14(19(22)23)10-18(20)21/h3-9,14H,10-11H2,1-2H3,(H,22,23)/t14-/m0/s1. The van der Waals surface area contributed by atoms with Gasteiger partial charge in [0.1, 0.15) is 11.5 Å². The molecule has 5 heteroatoms. The molecule has 1 atom stereocenters. The second-order valence-electron chi connectivity index (χ2n) is 6.09. The van der Waals surface area contributed by atoms with Crippen LogP contribution in [0.3, 0.4) is 0 Å². The highest BCUT2D eigenvalue weighted by atomic mass is 16.5. The van der Waals surface area contributed by atoms with Crippen LogP contribution in [0.2, 0.25) is 0 Å². The fraction of sp³-hybridized carbons (Fsp3) is 0.263. The topological polar surface area (TPSA) is 66.8 Å². The minimum atomic E-state index is -0.930. The summed E-state index contributed by atoms with van der Waals surface area (Å²) in [7, 11) is 0. The van der Waals surface area contributed by atoms with Crippen molar-refractivity contribution < 1.29 is 19.4 Å². The van der Waals surface area contributed by atoms with Crippen molar-refractivity contribution in [1.29, 1.82) is 0 Å². The monoisotopic (exact) mass is 325 g/mol. The zero-order chi connectivity index (χ0) is 17.3. The number of aliphatic carboxylic acids is 1. The predicted molar refractivity (Wildman–Crippen MR) is 90.5 cm³/mol. The van der Waals surface area contributed by atoms with Crippen molar-refractivity contribution in [3.05, 3.63) is 53.6 Å². The molecule has 0 spiro atoms. The van der Waals surface area contributed by atoms with Gasteiger partial charge < -0.3 is 14.7 Å². The third-order valence-corrected chi connectivity index (χ3v) is 4.34. The Morgan fingerprint density at radius 3 is 2.33 bits per heavy atom. The molecule has 3 rings (SSSR count). The van der Waals surface area contributed by atoms with E-state index in [0.717, 1.165) is 11.3 Å². The highest BCUT2D eigenvalue weighted by Crippen LogP contribution is 2.29. The first-order valence-corrected chi connectivity index (χ1v) is 7.82. The number of amides is 1. The van der Waals surface area contributed by atoms with Crippen LogP contribution in [0.15, 0.2) is 42.5 Å². The number of carbonyl (C=O) groups is 2. The lowest BCUT2D eigenvalue weighted by molar-refractivity contribution is -0.141. The quantitative estimate of drug-likeness (QED) is 0.934. The highest BCUT2D eigenvalue weighted by Gasteiger charge is 2.34. The van der Waals surface area contributed by atoms with Gasteiger partial charge in [-0.15, -0.1) is 0 Å². The molecule has 1 N–H and O–H groups in total. The molecule has 1 amide bonds. The van der Waals surface area contributed by atoms with Gasteiger partial charge >= 0.3 is 5.97 Å². The minimum Gasteiger partial charge on any atom is -0.481 e. The molecule has 0 aromatic heterocycles. The van der Waals surface area contributed by atoms with Gasteiger partial charge in [-0.05, 0) is 61.4 Å². The largest absolute Gasteiger partial charge is 0.481 e. The summed E-state index contributed by atoms with van der Waals surface area (Å²) < 4.78 is 5.82. The van der Waals surface area contributed by atoms with E-state index < -0.39 is 11.9 Å². The number of hydrogen-bond acceptors (Lipinski definition) is 3. The zero-order valence-electron chi connectivity index (χ0n) is 13.7. The number of benzene rings is 2. The Morgan fingerprint density at radius 2 is 1.75 bits per heavy atom. The maximum absolute atomic E-state index is 12.0. The molecule has 0 unspecified atom stereocenters. The first-order valence-electron chi connectivity index (χ1n) is 7.82. The van der Waals surface area contributed by atoms with Crippen LogP contribution in [0.25, 0.3) is 0 Å². The van der Waals surface area contributed by atoms with Crippen LogP contribution in [-0.4, -0.2) is 23.5 Å². The maximum Gasteiger partial charge on any atom is 0.308 e. The second kappa shape index (κ2) is 6.35. The normalized spacial score (nSPS) is 17.2. The molecule has 1 fully saturated rings. The summed E-state index contributed by atoms with van der Waals surface area (Å²) in [5.74, 6) is -0.299. The molecule has 0 radical (unpaired) electrons. The van der Waals surface area contributed by atoms with Gasteiger partial charge in [0.15, 0.2) is 0 Å². The number of ether oxygens (including phenoxy) is 1. The van der Waals surface area contributed by atoms with E-state index in [1.165, 1.54) is 10.5 Å². The van der Waals surface area contributed by atoms with Gasteiger partial charge in [0.25, 0.3) is 0 Å². The van der Waals surface area contributed by atoms with Crippen LogP contribution in [0.1, 0.15) is 17.5 Å². The Kier molecular flexibility index (Phi) is 4.25. The van der Waals surface area contributed by atoms with Crippen molar-refractivity contribution >= 4 is 17.6 Å². The molecule has 1 aliphatic heterocycles. The number of nitrogens with zero attached hydrogens (tertiary/aromatic N) is 1. The van der Waals surface area contributed by atoms with Gasteiger partial charge in [-0.1, -0.05) is 6.07 Å². The lowest BCUT2D eigenvalue weighted by atomic mass is 10.1. The van der Waals surface area contributed by atoms with E-state index in [2.05, 4.69) is 0 Å². The van der Waals surface area contributed by atoms with Crippen LogP contribution in [-0.2, 0) is 9.59 Å². The Bertz CT molecular complexity index is 782. The zero-order valence-corrected chi connectivity index (χ0v) is 13.7. The van der Waals surface area contributed by atoms with Crippen molar-refractivity contribution in [3.63, 3.8) is 0 Å². The van der Waals surface area contributed by atoms with Gasteiger partial charge in [0.2, 0.25) is 5.91 Å². The molecule has 0 aliphatic carbocycles. The Labute approximate surface area is 140 Å². The number of hydrogen-bond donors (Lipinski definition) is 1.